The van der Waals surface area contributed by atoms with Gasteiger partial charge in [0.25, 0.3) is 0 Å². The molecule has 4 aromatic rings. The monoisotopic (exact) mass is 419 g/mol. The third-order valence-corrected chi connectivity index (χ3v) is 5.75. The SMILES string of the molecule is CNc1cc(F)c(F)c2c1[nH]c1ncc(-c3cncc(C#N)c3)c(N3CC[C@@H](N)C3)c12. The van der Waals surface area contributed by atoms with Crippen LogP contribution in [0.1, 0.15) is 12.0 Å². The van der Waals surface area contributed by atoms with E-state index in [9.17, 15) is 9.65 Å². The van der Waals surface area contributed by atoms with Gasteiger partial charge in [-0.05, 0) is 12.5 Å². The lowest BCUT2D eigenvalue weighted by Crippen LogP contribution is -2.26. The normalized spacial score (nSPS) is 16.2. The summed E-state index contributed by atoms with van der Waals surface area (Å²) >= 11 is 0. The number of nitrogens with zero attached hydrogens (tertiary/aromatic N) is 4. The predicted octanol–water partition coefficient (Wildman–Crippen LogP) is 3.51. The average Bonchev–Trinajstić information content (AvgIpc) is 3.39. The molecule has 0 amide bonds. The number of hydrogen-bond acceptors (Lipinski definition) is 6. The van der Waals surface area contributed by atoms with E-state index in [1.165, 1.54) is 6.20 Å². The van der Waals surface area contributed by atoms with Gasteiger partial charge in [-0.25, -0.2) is 13.8 Å². The van der Waals surface area contributed by atoms with Crippen molar-refractivity contribution >= 4 is 33.3 Å². The fraction of sp³-hybridized carbons (Fsp3) is 0.227. The van der Waals surface area contributed by atoms with E-state index in [0.29, 0.717) is 57.7 Å². The van der Waals surface area contributed by atoms with Crippen molar-refractivity contribution in [1.82, 2.24) is 15.0 Å². The zero-order valence-corrected chi connectivity index (χ0v) is 16.7. The molecule has 1 aromatic carbocycles. The molecule has 4 heterocycles. The van der Waals surface area contributed by atoms with Crippen LogP contribution in [0.5, 0.6) is 0 Å². The van der Waals surface area contributed by atoms with Crippen molar-refractivity contribution in [2.24, 2.45) is 5.73 Å². The number of rotatable bonds is 3. The largest absolute Gasteiger partial charge is 0.386 e. The summed E-state index contributed by atoms with van der Waals surface area (Å²) in [5, 5.41) is 12.8. The van der Waals surface area contributed by atoms with Crippen molar-refractivity contribution in [2.45, 2.75) is 12.5 Å². The molecule has 1 fully saturated rings. The van der Waals surface area contributed by atoms with Crippen molar-refractivity contribution in [3.63, 3.8) is 0 Å². The number of fused-ring (bicyclic) bond motifs is 3. The second-order valence-corrected chi connectivity index (χ2v) is 7.66. The summed E-state index contributed by atoms with van der Waals surface area (Å²) < 4.78 is 29.6. The number of nitrogens with one attached hydrogen (secondary N) is 2. The third kappa shape index (κ3) is 2.95. The van der Waals surface area contributed by atoms with Gasteiger partial charge in [0.15, 0.2) is 11.6 Å². The summed E-state index contributed by atoms with van der Waals surface area (Å²) in [6, 6.07) is 4.89. The Morgan fingerprint density at radius 2 is 2.10 bits per heavy atom. The maximum Gasteiger partial charge on any atom is 0.169 e. The van der Waals surface area contributed by atoms with Gasteiger partial charge < -0.3 is 20.9 Å². The van der Waals surface area contributed by atoms with Crippen molar-refractivity contribution < 1.29 is 8.78 Å². The van der Waals surface area contributed by atoms with Gasteiger partial charge in [-0.3, -0.25) is 4.98 Å². The molecule has 0 saturated carbocycles. The molecule has 7 nitrogen and oxygen atoms in total. The highest BCUT2D eigenvalue weighted by atomic mass is 19.2. The zero-order valence-electron chi connectivity index (χ0n) is 16.7. The van der Waals surface area contributed by atoms with Crippen LogP contribution in [0, 0.1) is 23.0 Å². The number of aromatic amines is 1. The Bertz CT molecular complexity index is 1370. The van der Waals surface area contributed by atoms with E-state index in [0.717, 1.165) is 12.5 Å². The molecule has 1 aliphatic rings. The van der Waals surface area contributed by atoms with Gasteiger partial charge in [-0.2, -0.15) is 5.26 Å². The fourth-order valence-corrected chi connectivity index (χ4v) is 4.32. The summed E-state index contributed by atoms with van der Waals surface area (Å²) in [7, 11) is 1.65. The maximum absolute atomic E-state index is 15.1. The van der Waals surface area contributed by atoms with Gasteiger partial charge in [0.2, 0.25) is 0 Å². The van der Waals surface area contributed by atoms with Gasteiger partial charge in [0.1, 0.15) is 11.7 Å². The van der Waals surface area contributed by atoms with Crippen LogP contribution in [0.4, 0.5) is 20.2 Å². The number of benzene rings is 1. The van der Waals surface area contributed by atoms with Crippen LogP contribution in [0.25, 0.3) is 33.1 Å². The Morgan fingerprint density at radius 1 is 1.26 bits per heavy atom. The van der Waals surface area contributed by atoms with Gasteiger partial charge in [-0.15, -0.1) is 0 Å². The Hall–Kier alpha value is -3.77. The molecular weight excluding hydrogens is 400 g/mol. The Morgan fingerprint density at radius 3 is 2.81 bits per heavy atom. The molecule has 9 heteroatoms. The number of nitrogens with two attached hydrogens (primary N) is 1. The van der Waals surface area contributed by atoms with E-state index in [-0.39, 0.29) is 11.4 Å². The molecule has 0 aliphatic carbocycles. The van der Waals surface area contributed by atoms with Gasteiger partial charge in [-0.1, -0.05) is 0 Å². The highest BCUT2D eigenvalue weighted by Crippen LogP contribution is 2.43. The second kappa shape index (κ2) is 7.18. The lowest BCUT2D eigenvalue weighted by Gasteiger charge is -2.23. The first-order valence-corrected chi connectivity index (χ1v) is 9.88. The molecule has 1 aliphatic heterocycles. The molecule has 1 atom stereocenters. The first kappa shape index (κ1) is 19.2. The van der Waals surface area contributed by atoms with E-state index >= 15 is 4.39 Å². The molecule has 31 heavy (non-hydrogen) atoms. The van der Waals surface area contributed by atoms with Crippen LogP contribution >= 0.6 is 0 Å². The van der Waals surface area contributed by atoms with Crippen molar-refractivity contribution in [1.29, 1.82) is 5.26 Å². The summed E-state index contributed by atoms with van der Waals surface area (Å²) in [6.45, 7) is 1.24. The van der Waals surface area contributed by atoms with Crippen LogP contribution in [0.3, 0.4) is 0 Å². The molecule has 0 radical (unpaired) electrons. The van der Waals surface area contributed by atoms with E-state index in [2.05, 4.69) is 31.2 Å². The van der Waals surface area contributed by atoms with Crippen molar-refractivity contribution in [3.05, 3.63) is 47.9 Å². The van der Waals surface area contributed by atoms with E-state index < -0.39 is 11.6 Å². The summed E-state index contributed by atoms with van der Waals surface area (Å²) in [6.07, 6.45) is 5.55. The number of aromatic nitrogens is 3. The zero-order chi connectivity index (χ0) is 21.7. The quantitative estimate of drug-likeness (QED) is 0.469. The van der Waals surface area contributed by atoms with Crippen molar-refractivity contribution in [3.8, 4) is 17.2 Å². The topological polar surface area (TPSA) is 107 Å². The fourth-order valence-electron chi connectivity index (χ4n) is 4.32. The predicted molar refractivity (Wildman–Crippen MR) is 116 cm³/mol. The van der Waals surface area contributed by atoms with Gasteiger partial charge in [0.05, 0.1) is 33.2 Å². The Balaban J connectivity index is 1.91. The minimum absolute atomic E-state index is 0.0284. The summed E-state index contributed by atoms with van der Waals surface area (Å²) in [5.74, 6) is -1.88. The lowest BCUT2D eigenvalue weighted by atomic mass is 10.0. The summed E-state index contributed by atoms with van der Waals surface area (Å²) in [4.78, 5) is 13.9. The lowest BCUT2D eigenvalue weighted by molar-refractivity contribution is 0.518. The van der Waals surface area contributed by atoms with Gasteiger partial charge >= 0.3 is 0 Å². The van der Waals surface area contributed by atoms with Gasteiger partial charge in [0, 0.05) is 62.0 Å². The molecule has 156 valence electrons. The molecule has 0 spiro atoms. The van der Waals surface area contributed by atoms with E-state index in [4.69, 9.17) is 5.73 Å². The molecule has 3 aromatic heterocycles. The number of halogens is 2. The molecular formula is C22H19F2N7. The number of H-pyrrole nitrogens is 1. The first-order valence-electron chi connectivity index (χ1n) is 9.88. The van der Waals surface area contributed by atoms with E-state index in [1.54, 1.807) is 25.5 Å². The third-order valence-electron chi connectivity index (χ3n) is 5.75. The minimum Gasteiger partial charge on any atom is -0.386 e. The van der Waals surface area contributed by atoms with Crippen LogP contribution in [0.15, 0.2) is 30.7 Å². The smallest absolute Gasteiger partial charge is 0.169 e. The van der Waals surface area contributed by atoms with Crippen LogP contribution in [0.2, 0.25) is 0 Å². The average molecular weight is 419 g/mol. The van der Waals surface area contributed by atoms with Crippen LogP contribution in [-0.4, -0.2) is 41.1 Å². The second-order valence-electron chi connectivity index (χ2n) is 7.66. The Labute approximate surface area is 176 Å². The number of pyridine rings is 2. The van der Waals surface area contributed by atoms with E-state index in [1.807, 2.05) is 0 Å². The minimum atomic E-state index is -0.944. The van der Waals surface area contributed by atoms with Crippen LogP contribution in [-0.2, 0) is 0 Å². The number of hydrogen-bond donors (Lipinski definition) is 3. The first-order chi connectivity index (χ1) is 15.0. The Kier molecular flexibility index (Phi) is 4.45. The highest BCUT2D eigenvalue weighted by Gasteiger charge is 2.28. The number of nitriles is 1. The van der Waals surface area contributed by atoms with Crippen LogP contribution < -0.4 is 16.0 Å². The molecule has 1 saturated heterocycles. The maximum atomic E-state index is 15.1. The summed E-state index contributed by atoms with van der Waals surface area (Å²) in [5.41, 5.74) is 9.94. The molecule has 0 unspecified atom stereocenters. The molecule has 0 bridgehead atoms. The van der Waals surface area contributed by atoms with Crippen molar-refractivity contribution in [2.75, 3.05) is 30.4 Å². The number of anilines is 2. The highest BCUT2D eigenvalue weighted by molar-refractivity contribution is 6.18. The standard InChI is InChI=1S/C22H19F2N7/c1-27-16-5-15(23)19(24)17-18-21(31-3-2-13(26)10-31)14(9-29-22(18)30-20(16)17)12-4-11(6-25)7-28-8-12/h4-5,7-9,13,27H,2-3,10,26H2,1H3,(H,29,30)/t13-/m1/s1. The molecule has 5 rings (SSSR count). The molecule has 4 N–H and O–H groups in total.